The minimum absolute atomic E-state index is 0.272. The lowest BCUT2D eigenvalue weighted by atomic mass is 9.97. The number of methoxy groups -OCH3 is 1. The molecule has 0 atom stereocenters. The summed E-state index contributed by atoms with van der Waals surface area (Å²) in [5.41, 5.74) is 3.16. The molecule has 3 rings (SSSR count). The van der Waals surface area contributed by atoms with Crippen LogP contribution in [0.2, 0.25) is 0 Å². The van der Waals surface area contributed by atoms with E-state index in [0.717, 1.165) is 31.8 Å². The van der Waals surface area contributed by atoms with Gasteiger partial charge in [-0.15, -0.1) is 0 Å². The van der Waals surface area contributed by atoms with E-state index in [1.165, 1.54) is 18.2 Å². The van der Waals surface area contributed by atoms with Gasteiger partial charge in [0.1, 0.15) is 12.4 Å². The van der Waals surface area contributed by atoms with Crippen molar-refractivity contribution >= 4 is 5.97 Å². The zero-order valence-corrected chi connectivity index (χ0v) is 13.3. The summed E-state index contributed by atoms with van der Waals surface area (Å²) in [6.07, 6.45) is 0.950. The van der Waals surface area contributed by atoms with Gasteiger partial charge in [-0.1, -0.05) is 24.3 Å². The van der Waals surface area contributed by atoms with Crippen molar-refractivity contribution in [2.45, 2.75) is 13.0 Å². The summed E-state index contributed by atoms with van der Waals surface area (Å²) in [7, 11) is 1.41. The molecule has 0 bridgehead atoms. The van der Waals surface area contributed by atoms with E-state index in [2.05, 4.69) is 4.90 Å². The highest BCUT2D eigenvalue weighted by atomic mass is 16.5. The van der Waals surface area contributed by atoms with E-state index in [9.17, 15) is 4.79 Å². The number of esters is 1. The Kier molecular flexibility index (Phi) is 4.93. The number of ether oxygens (including phenoxy) is 2. The predicted octanol–water partition coefficient (Wildman–Crippen LogP) is 2.91. The van der Waals surface area contributed by atoms with Gasteiger partial charge in [-0.25, -0.2) is 4.79 Å². The molecule has 0 aromatic heterocycles. The maximum Gasteiger partial charge on any atom is 0.337 e. The topological polar surface area (TPSA) is 38.8 Å². The first-order valence-electron chi connectivity index (χ1n) is 7.86. The average Bonchev–Trinajstić information content (AvgIpc) is 2.61. The predicted molar refractivity (Wildman–Crippen MR) is 88.7 cm³/mol. The second kappa shape index (κ2) is 7.29. The number of fused-ring (bicyclic) bond motifs is 1. The van der Waals surface area contributed by atoms with E-state index in [1.807, 2.05) is 48.5 Å². The van der Waals surface area contributed by atoms with Crippen molar-refractivity contribution in [3.8, 4) is 5.75 Å². The van der Waals surface area contributed by atoms with E-state index in [1.54, 1.807) is 0 Å². The molecule has 0 radical (unpaired) electrons. The number of rotatable bonds is 5. The Labute approximate surface area is 136 Å². The molecule has 23 heavy (non-hydrogen) atoms. The smallest absolute Gasteiger partial charge is 0.337 e. The van der Waals surface area contributed by atoms with Crippen LogP contribution in [0, 0.1) is 0 Å². The van der Waals surface area contributed by atoms with Crippen molar-refractivity contribution in [2.75, 3.05) is 26.8 Å². The van der Waals surface area contributed by atoms with Crippen LogP contribution in [0.15, 0.2) is 48.5 Å². The molecule has 0 unspecified atom stereocenters. The Morgan fingerprint density at radius 3 is 2.74 bits per heavy atom. The number of carbonyl (C=O) groups excluding carboxylic acids is 1. The van der Waals surface area contributed by atoms with Crippen LogP contribution >= 0.6 is 0 Å². The quantitative estimate of drug-likeness (QED) is 0.796. The fourth-order valence-corrected chi connectivity index (χ4v) is 2.86. The monoisotopic (exact) mass is 311 g/mol. The third-order valence-corrected chi connectivity index (χ3v) is 4.14. The minimum atomic E-state index is -0.272. The molecule has 4 heteroatoms. The van der Waals surface area contributed by atoms with E-state index >= 15 is 0 Å². The van der Waals surface area contributed by atoms with E-state index in [4.69, 9.17) is 9.47 Å². The second-order valence-electron chi connectivity index (χ2n) is 5.66. The molecule has 0 saturated carbocycles. The molecule has 2 aromatic carbocycles. The first-order valence-corrected chi connectivity index (χ1v) is 7.86. The van der Waals surface area contributed by atoms with E-state index < -0.39 is 0 Å². The van der Waals surface area contributed by atoms with Gasteiger partial charge in [0.25, 0.3) is 0 Å². The molecule has 0 fully saturated rings. The Morgan fingerprint density at radius 1 is 1.13 bits per heavy atom. The molecule has 120 valence electrons. The van der Waals surface area contributed by atoms with Gasteiger partial charge in [-0.2, -0.15) is 0 Å². The second-order valence-corrected chi connectivity index (χ2v) is 5.66. The molecular weight excluding hydrogens is 290 g/mol. The fourth-order valence-electron chi connectivity index (χ4n) is 2.86. The number of hydrogen-bond donors (Lipinski definition) is 0. The number of hydrogen-bond acceptors (Lipinski definition) is 4. The van der Waals surface area contributed by atoms with Gasteiger partial charge in [-0.3, -0.25) is 4.90 Å². The SMILES string of the molecule is COC(=O)c1ccc2c(c1)CCN(CCOc1ccccc1)C2. The Balaban J connectivity index is 1.55. The van der Waals surface area contributed by atoms with Crippen molar-refractivity contribution in [3.63, 3.8) is 0 Å². The van der Waals surface area contributed by atoms with Crippen molar-refractivity contribution < 1.29 is 14.3 Å². The van der Waals surface area contributed by atoms with Gasteiger partial charge < -0.3 is 9.47 Å². The molecule has 1 heterocycles. The maximum absolute atomic E-state index is 11.6. The lowest BCUT2D eigenvalue weighted by molar-refractivity contribution is 0.0600. The third-order valence-electron chi connectivity index (χ3n) is 4.14. The Morgan fingerprint density at radius 2 is 1.96 bits per heavy atom. The highest BCUT2D eigenvalue weighted by molar-refractivity contribution is 5.89. The Hall–Kier alpha value is -2.33. The number of benzene rings is 2. The van der Waals surface area contributed by atoms with Gasteiger partial charge in [0.15, 0.2) is 0 Å². The van der Waals surface area contributed by atoms with Crippen molar-refractivity contribution in [1.29, 1.82) is 0 Å². The number of carbonyl (C=O) groups is 1. The highest BCUT2D eigenvalue weighted by Crippen LogP contribution is 2.21. The van der Waals surface area contributed by atoms with Crippen molar-refractivity contribution in [1.82, 2.24) is 4.90 Å². The number of para-hydroxylation sites is 1. The lowest BCUT2D eigenvalue weighted by Gasteiger charge is -2.28. The molecular formula is C19H21NO3. The lowest BCUT2D eigenvalue weighted by Crippen LogP contribution is -2.34. The molecule has 0 aliphatic carbocycles. The van der Waals surface area contributed by atoms with Crippen LogP contribution in [-0.2, 0) is 17.7 Å². The molecule has 1 aliphatic heterocycles. The van der Waals surface area contributed by atoms with Gasteiger partial charge >= 0.3 is 5.97 Å². The molecule has 0 N–H and O–H groups in total. The standard InChI is InChI=1S/C19H21NO3/c1-22-19(21)16-7-8-17-14-20(10-9-15(17)13-16)11-12-23-18-5-3-2-4-6-18/h2-8,13H,9-12,14H2,1H3. The molecule has 0 spiro atoms. The van der Waals surface area contributed by atoms with Gasteiger partial charge in [-0.05, 0) is 41.8 Å². The van der Waals surface area contributed by atoms with Crippen molar-refractivity contribution in [2.24, 2.45) is 0 Å². The molecule has 4 nitrogen and oxygen atoms in total. The summed E-state index contributed by atoms with van der Waals surface area (Å²) >= 11 is 0. The van der Waals surface area contributed by atoms with Gasteiger partial charge in [0, 0.05) is 19.6 Å². The van der Waals surface area contributed by atoms with E-state index in [0.29, 0.717) is 12.2 Å². The summed E-state index contributed by atoms with van der Waals surface area (Å²) in [4.78, 5) is 14.0. The van der Waals surface area contributed by atoms with Crippen LogP contribution < -0.4 is 4.74 Å². The summed E-state index contributed by atoms with van der Waals surface area (Å²) in [5, 5.41) is 0. The zero-order chi connectivity index (χ0) is 16.1. The Bertz CT molecular complexity index is 670. The molecule has 0 amide bonds. The van der Waals surface area contributed by atoms with Crippen LogP contribution in [-0.4, -0.2) is 37.7 Å². The van der Waals surface area contributed by atoms with E-state index in [-0.39, 0.29) is 5.97 Å². The van der Waals surface area contributed by atoms with Crippen LogP contribution in [0.4, 0.5) is 0 Å². The first-order chi connectivity index (χ1) is 11.3. The van der Waals surface area contributed by atoms with Crippen LogP contribution in [0.5, 0.6) is 5.75 Å². The van der Waals surface area contributed by atoms with Crippen LogP contribution in [0.3, 0.4) is 0 Å². The maximum atomic E-state index is 11.6. The van der Waals surface area contributed by atoms with Crippen molar-refractivity contribution in [3.05, 3.63) is 65.2 Å². The summed E-state index contributed by atoms with van der Waals surface area (Å²) in [6.45, 7) is 3.46. The zero-order valence-electron chi connectivity index (χ0n) is 13.3. The average molecular weight is 311 g/mol. The van der Waals surface area contributed by atoms with Gasteiger partial charge in [0.2, 0.25) is 0 Å². The molecule has 0 saturated heterocycles. The largest absolute Gasteiger partial charge is 0.492 e. The molecule has 2 aromatic rings. The van der Waals surface area contributed by atoms with Crippen LogP contribution in [0.1, 0.15) is 21.5 Å². The normalized spacial score (nSPS) is 14.1. The summed E-state index contributed by atoms with van der Waals surface area (Å²) in [5.74, 6) is 0.638. The van der Waals surface area contributed by atoms with Gasteiger partial charge in [0.05, 0.1) is 12.7 Å². The highest BCUT2D eigenvalue weighted by Gasteiger charge is 2.18. The fraction of sp³-hybridized carbons (Fsp3) is 0.316. The third kappa shape index (κ3) is 3.90. The molecule has 1 aliphatic rings. The summed E-state index contributed by atoms with van der Waals surface area (Å²) in [6, 6.07) is 15.7. The van der Waals surface area contributed by atoms with Crippen LogP contribution in [0.25, 0.3) is 0 Å². The first kappa shape index (κ1) is 15.6. The number of nitrogens with zero attached hydrogens (tertiary/aromatic N) is 1. The summed E-state index contributed by atoms with van der Waals surface area (Å²) < 4.78 is 10.5. The minimum Gasteiger partial charge on any atom is -0.492 e.